The molecule has 1 amide bonds. The van der Waals surface area contributed by atoms with Crippen LogP contribution in [0.4, 0.5) is 11.4 Å². The Morgan fingerprint density at radius 3 is 2.22 bits per heavy atom. The second kappa shape index (κ2) is 10.7. The average molecular weight is 455 g/mol. The fourth-order valence-electron chi connectivity index (χ4n) is 3.03. The number of nitrogens with zero attached hydrogens (tertiary/aromatic N) is 1. The van der Waals surface area contributed by atoms with Crippen LogP contribution in [0, 0.1) is 0 Å². The molecule has 0 saturated carbocycles. The highest BCUT2D eigenvalue weighted by molar-refractivity contribution is 7.92. The van der Waals surface area contributed by atoms with Crippen molar-refractivity contribution in [2.75, 3.05) is 29.0 Å². The molecule has 32 heavy (non-hydrogen) atoms. The monoisotopic (exact) mass is 454 g/mol. The molecule has 0 fully saturated rings. The van der Waals surface area contributed by atoms with E-state index in [9.17, 15) is 13.2 Å². The molecule has 3 aromatic carbocycles. The molecule has 0 saturated heterocycles. The minimum Gasteiger partial charge on any atom is -0.492 e. The van der Waals surface area contributed by atoms with E-state index >= 15 is 0 Å². The number of carbonyl (C=O) groups is 1. The summed E-state index contributed by atoms with van der Waals surface area (Å²) in [7, 11) is -3.71. The molecule has 7 nitrogen and oxygen atoms in total. The second-order valence-electron chi connectivity index (χ2n) is 7.02. The lowest BCUT2D eigenvalue weighted by atomic mass is 10.2. The summed E-state index contributed by atoms with van der Waals surface area (Å²) in [5, 5.41) is 2.73. The van der Waals surface area contributed by atoms with Gasteiger partial charge >= 0.3 is 0 Å². The van der Waals surface area contributed by atoms with Crippen molar-refractivity contribution in [2.24, 2.45) is 0 Å². The smallest absolute Gasteiger partial charge is 0.245 e. The summed E-state index contributed by atoms with van der Waals surface area (Å²) in [4.78, 5) is 12.6. The number of rotatable bonds is 10. The zero-order chi connectivity index (χ0) is 23.0. The topological polar surface area (TPSA) is 84.9 Å². The lowest BCUT2D eigenvalue weighted by molar-refractivity contribution is -0.114. The van der Waals surface area contributed by atoms with Gasteiger partial charge in [0.2, 0.25) is 15.9 Å². The number of ether oxygens (including phenoxy) is 2. The second-order valence-corrected chi connectivity index (χ2v) is 8.92. The molecule has 0 spiro atoms. The van der Waals surface area contributed by atoms with Crippen molar-refractivity contribution in [3.8, 4) is 11.5 Å². The highest BCUT2D eigenvalue weighted by atomic mass is 32.2. The summed E-state index contributed by atoms with van der Waals surface area (Å²) >= 11 is 0. The summed E-state index contributed by atoms with van der Waals surface area (Å²) in [6, 6.07) is 23.4. The predicted octanol–water partition coefficient (Wildman–Crippen LogP) is 4.07. The van der Waals surface area contributed by atoms with Gasteiger partial charge in [0.1, 0.15) is 24.7 Å². The average Bonchev–Trinajstić information content (AvgIpc) is 2.78. The lowest BCUT2D eigenvalue weighted by Crippen LogP contribution is -2.37. The van der Waals surface area contributed by atoms with E-state index in [4.69, 9.17) is 9.47 Å². The largest absolute Gasteiger partial charge is 0.492 e. The van der Waals surface area contributed by atoms with Crippen molar-refractivity contribution in [1.29, 1.82) is 0 Å². The highest BCUT2D eigenvalue weighted by Gasteiger charge is 2.24. The van der Waals surface area contributed by atoms with E-state index in [0.717, 1.165) is 16.1 Å². The van der Waals surface area contributed by atoms with Crippen LogP contribution in [-0.4, -0.2) is 33.7 Å². The van der Waals surface area contributed by atoms with E-state index in [-0.39, 0.29) is 6.54 Å². The van der Waals surface area contributed by atoms with Crippen LogP contribution in [0.5, 0.6) is 11.5 Å². The third-order valence-electron chi connectivity index (χ3n) is 4.51. The normalized spacial score (nSPS) is 10.9. The molecule has 0 radical (unpaired) electrons. The number of benzene rings is 3. The van der Waals surface area contributed by atoms with Gasteiger partial charge in [-0.3, -0.25) is 9.10 Å². The predicted molar refractivity (Wildman–Crippen MR) is 126 cm³/mol. The van der Waals surface area contributed by atoms with Crippen molar-refractivity contribution < 1.29 is 22.7 Å². The van der Waals surface area contributed by atoms with Crippen LogP contribution in [0.25, 0.3) is 0 Å². The SMILES string of the molecule is CCOc1ccccc1N(CC(=O)Nc1ccc(OCc2ccccc2)cc1)S(C)(=O)=O. The van der Waals surface area contributed by atoms with Gasteiger partial charge in [-0.25, -0.2) is 8.42 Å². The van der Waals surface area contributed by atoms with Crippen LogP contribution in [0.1, 0.15) is 12.5 Å². The molecule has 3 rings (SSSR count). The van der Waals surface area contributed by atoms with E-state index in [0.29, 0.717) is 36.1 Å². The van der Waals surface area contributed by atoms with Crippen LogP contribution >= 0.6 is 0 Å². The van der Waals surface area contributed by atoms with E-state index < -0.39 is 15.9 Å². The van der Waals surface area contributed by atoms with Crippen molar-refractivity contribution in [1.82, 2.24) is 0 Å². The van der Waals surface area contributed by atoms with Crippen LogP contribution in [0.15, 0.2) is 78.9 Å². The van der Waals surface area contributed by atoms with Gasteiger partial charge in [0.15, 0.2) is 0 Å². The molecule has 1 N–H and O–H groups in total. The summed E-state index contributed by atoms with van der Waals surface area (Å²) in [6.07, 6.45) is 1.06. The molecular formula is C24H26N2O5S. The summed E-state index contributed by atoms with van der Waals surface area (Å²) < 4.78 is 37.1. The zero-order valence-corrected chi connectivity index (χ0v) is 18.8. The van der Waals surface area contributed by atoms with E-state index in [2.05, 4.69) is 5.32 Å². The number of sulfonamides is 1. The third-order valence-corrected chi connectivity index (χ3v) is 5.63. The fourth-order valence-corrected chi connectivity index (χ4v) is 3.89. The van der Waals surface area contributed by atoms with Crippen molar-refractivity contribution in [2.45, 2.75) is 13.5 Å². The third kappa shape index (κ3) is 6.49. The molecule has 0 heterocycles. The number of nitrogens with one attached hydrogen (secondary N) is 1. The van der Waals surface area contributed by atoms with Gasteiger partial charge in [0.05, 0.1) is 18.6 Å². The van der Waals surface area contributed by atoms with Gasteiger partial charge in [0.25, 0.3) is 0 Å². The molecule has 3 aromatic rings. The Labute approximate surface area is 188 Å². The Kier molecular flexibility index (Phi) is 7.72. The van der Waals surface area contributed by atoms with Gasteiger partial charge in [-0.15, -0.1) is 0 Å². The first-order valence-electron chi connectivity index (χ1n) is 10.1. The molecule has 0 atom stereocenters. The van der Waals surface area contributed by atoms with Crippen LogP contribution in [-0.2, 0) is 21.4 Å². The standard InChI is InChI=1S/C24H26N2O5S/c1-3-30-23-12-8-7-11-22(23)26(32(2,28)29)17-24(27)25-20-13-15-21(16-14-20)31-18-19-9-5-4-6-10-19/h4-16H,3,17-18H2,1-2H3,(H,25,27). The molecule has 0 aliphatic carbocycles. The first kappa shape index (κ1) is 23.1. The molecule has 8 heteroatoms. The number of para-hydroxylation sites is 2. The molecule has 0 aromatic heterocycles. The molecular weight excluding hydrogens is 428 g/mol. The molecule has 168 valence electrons. The maximum atomic E-state index is 12.6. The lowest BCUT2D eigenvalue weighted by Gasteiger charge is -2.24. The Hall–Kier alpha value is -3.52. The maximum Gasteiger partial charge on any atom is 0.245 e. The van der Waals surface area contributed by atoms with Crippen LogP contribution in [0.3, 0.4) is 0 Å². The van der Waals surface area contributed by atoms with Crippen LogP contribution in [0.2, 0.25) is 0 Å². The van der Waals surface area contributed by atoms with E-state index in [1.807, 2.05) is 37.3 Å². The summed E-state index contributed by atoms with van der Waals surface area (Å²) in [5.74, 6) is 0.586. The number of hydrogen-bond donors (Lipinski definition) is 1. The summed E-state index contributed by atoms with van der Waals surface area (Å²) in [6.45, 7) is 2.24. The highest BCUT2D eigenvalue weighted by Crippen LogP contribution is 2.29. The van der Waals surface area contributed by atoms with E-state index in [1.54, 1.807) is 48.5 Å². The molecule has 0 bridgehead atoms. The number of hydrogen-bond acceptors (Lipinski definition) is 5. The first-order valence-corrected chi connectivity index (χ1v) is 12.0. The summed E-state index contributed by atoms with van der Waals surface area (Å²) in [5.41, 5.74) is 1.91. The Balaban J connectivity index is 1.65. The van der Waals surface area contributed by atoms with Gasteiger partial charge < -0.3 is 14.8 Å². The number of anilines is 2. The van der Waals surface area contributed by atoms with Crippen molar-refractivity contribution >= 4 is 27.3 Å². The maximum absolute atomic E-state index is 12.6. The Morgan fingerprint density at radius 2 is 1.56 bits per heavy atom. The van der Waals surface area contributed by atoms with E-state index in [1.165, 1.54) is 0 Å². The van der Waals surface area contributed by atoms with Gasteiger partial charge in [-0.05, 0) is 48.9 Å². The number of carbonyl (C=O) groups excluding carboxylic acids is 1. The van der Waals surface area contributed by atoms with Gasteiger partial charge in [0, 0.05) is 5.69 Å². The van der Waals surface area contributed by atoms with Crippen molar-refractivity contribution in [3.63, 3.8) is 0 Å². The molecule has 0 unspecified atom stereocenters. The Morgan fingerprint density at radius 1 is 0.906 bits per heavy atom. The van der Waals surface area contributed by atoms with Gasteiger partial charge in [-0.2, -0.15) is 0 Å². The van der Waals surface area contributed by atoms with Crippen LogP contribution < -0.4 is 19.1 Å². The van der Waals surface area contributed by atoms with Crippen molar-refractivity contribution in [3.05, 3.63) is 84.4 Å². The molecule has 0 aliphatic heterocycles. The molecule has 0 aliphatic rings. The first-order chi connectivity index (χ1) is 15.4. The zero-order valence-electron chi connectivity index (χ0n) is 18.0. The number of amides is 1. The minimum atomic E-state index is -3.71. The quantitative estimate of drug-likeness (QED) is 0.499. The fraction of sp³-hybridized carbons (Fsp3) is 0.208. The van der Waals surface area contributed by atoms with Gasteiger partial charge in [-0.1, -0.05) is 42.5 Å². The Bertz CT molecular complexity index is 1130. The minimum absolute atomic E-state index is 0.316.